The molecule has 0 radical (unpaired) electrons. The zero-order valence-corrected chi connectivity index (χ0v) is 11.6. The van der Waals surface area contributed by atoms with E-state index in [1.54, 1.807) is 6.07 Å². The summed E-state index contributed by atoms with van der Waals surface area (Å²) < 4.78 is 0. The van der Waals surface area contributed by atoms with Crippen molar-refractivity contribution in [3.63, 3.8) is 0 Å². The molecule has 96 valence electrons. The summed E-state index contributed by atoms with van der Waals surface area (Å²) in [5, 5.41) is 1.86. The highest BCUT2D eigenvalue weighted by Gasteiger charge is 2.18. The Balaban J connectivity index is 2.70. The van der Waals surface area contributed by atoms with E-state index >= 15 is 0 Å². The number of nitrogens with zero attached hydrogens (tertiary/aromatic N) is 2. The lowest BCUT2D eigenvalue weighted by atomic mass is 10.3. The molecule has 4 nitrogen and oxygen atoms in total. The van der Waals surface area contributed by atoms with Gasteiger partial charge in [-0.05, 0) is 32.0 Å². The molecule has 1 heterocycles. The van der Waals surface area contributed by atoms with E-state index in [9.17, 15) is 4.79 Å². The molecule has 1 aromatic heterocycles. The van der Waals surface area contributed by atoms with Crippen LogP contribution in [0.4, 0.5) is 5.69 Å². The Hall–Kier alpha value is -1.07. The van der Waals surface area contributed by atoms with Gasteiger partial charge in [-0.1, -0.05) is 6.92 Å². The van der Waals surface area contributed by atoms with Crippen LogP contribution in [0.3, 0.4) is 0 Å². The van der Waals surface area contributed by atoms with Gasteiger partial charge in [0, 0.05) is 19.6 Å². The highest BCUT2D eigenvalue weighted by Crippen LogP contribution is 2.20. The predicted octanol–water partition coefficient (Wildman–Crippen LogP) is 1.74. The van der Waals surface area contributed by atoms with Gasteiger partial charge in [0.15, 0.2) is 0 Å². The van der Waals surface area contributed by atoms with Crippen LogP contribution in [0, 0.1) is 0 Å². The van der Waals surface area contributed by atoms with Crippen LogP contribution < -0.4 is 5.73 Å². The number of rotatable bonds is 6. The maximum absolute atomic E-state index is 12.3. The van der Waals surface area contributed by atoms with Crippen LogP contribution in [0.1, 0.15) is 23.0 Å². The minimum atomic E-state index is 0.0567. The summed E-state index contributed by atoms with van der Waals surface area (Å²) in [6.07, 6.45) is 0.963. The largest absolute Gasteiger partial charge is 0.397 e. The average molecular weight is 255 g/mol. The molecule has 0 saturated carbocycles. The van der Waals surface area contributed by atoms with Gasteiger partial charge in [0.25, 0.3) is 5.91 Å². The summed E-state index contributed by atoms with van der Waals surface area (Å²) in [6, 6.07) is 1.79. The van der Waals surface area contributed by atoms with Crippen molar-refractivity contribution in [1.29, 1.82) is 0 Å². The molecule has 0 atom stereocenters. The second-order valence-corrected chi connectivity index (χ2v) is 5.22. The van der Waals surface area contributed by atoms with E-state index in [0.29, 0.717) is 10.6 Å². The second-order valence-electron chi connectivity index (χ2n) is 4.30. The normalized spacial score (nSPS) is 10.8. The van der Waals surface area contributed by atoms with Gasteiger partial charge >= 0.3 is 0 Å². The Morgan fingerprint density at radius 2 is 2.06 bits per heavy atom. The third-order valence-electron chi connectivity index (χ3n) is 2.49. The van der Waals surface area contributed by atoms with Crippen LogP contribution in [0.2, 0.25) is 0 Å². The quantitative estimate of drug-likeness (QED) is 0.842. The minimum Gasteiger partial charge on any atom is -0.397 e. The first-order valence-electron chi connectivity index (χ1n) is 5.83. The summed E-state index contributed by atoms with van der Waals surface area (Å²) in [5.41, 5.74) is 6.37. The molecule has 0 fully saturated rings. The van der Waals surface area contributed by atoms with Crippen molar-refractivity contribution in [3.05, 3.63) is 16.3 Å². The van der Waals surface area contributed by atoms with Crippen molar-refractivity contribution in [3.8, 4) is 0 Å². The number of amides is 1. The molecule has 0 aromatic carbocycles. The van der Waals surface area contributed by atoms with E-state index in [-0.39, 0.29) is 5.91 Å². The summed E-state index contributed by atoms with van der Waals surface area (Å²) in [5.74, 6) is 0.0567. The SMILES string of the molecule is CCCN(CCN(C)C)C(=O)c1sccc1N. The molecule has 1 aromatic rings. The van der Waals surface area contributed by atoms with Crippen LogP contribution in [-0.4, -0.2) is 49.4 Å². The van der Waals surface area contributed by atoms with E-state index < -0.39 is 0 Å². The van der Waals surface area contributed by atoms with Crippen molar-refractivity contribution >= 4 is 22.9 Å². The number of hydrogen-bond acceptors (Lipinski definition) is 4. The molecule has 2 N–H and O–H groups in total. The Bertz CT molecular complexity index is 362. The number of thiophene rings is 1. The van der Waals surface area contributed by atoms with Gasteiger partial charge in [0.2, 0.25) is 0 Å². The molecule has 5 heteroatoms. The van der Waals surface area contributed by atoms with E-state index in [4.69, 9.17) is 5.73 Å². The lowest BCUT2D eigenvalue weighted by Gasteiger charge is -2.23. The molecule has 0 spiro atoms. The Labute approximate surface area is 107 Å². The number of carbonyl (C=O) groups is 1. The van der Waals surface area contributed by atoms with E-state index in [1.165, 1.54) is 11.3 Å². The van der Waals surface area contributed by atoms with E-state index in [0.717, 1.165) is 26.1 Å². The monoisotopic (exact) mass is 255 g/mol. The molecular weight excluding hydrogens is 234 g/mol. The molecule has 0 aliphatic rings. The van der Waals surface area contributed by atoms with Crippen LogP contribution in [-0.2, 0) is 0 Å². The fourth-order valence-electron chi connectivity index (χ4n) is 1.54. The van der Waals surface area contributed by atoms with Gasteiger partial charge in [-0.3, -0.25) is 4.79 Å². The topological polar surface area (TPSA) is 49.6 Å². The zero-order chi connectivity index (χ0) is 12.8. The molecule has 17 heavy (non-hydrogen) atoms. The number of nitrogen functional groups attached to an aromatic ring is 1. The summed E-state index contributed by atoms with van der Waals surface area (Å²) in [4.78, 5) is 16.9. The highest BCUT2D eigenvalue weighted by atomic mass is 32.1. The van der Waals surface area contributed by atoms with Gasteiger partial charge in [-0.25, -0.2) is 0 Å². The molecule has 0 saturated heterocycles. The number of hydrogen-bond donors (Lipinski definition) is 1. The summed E-state index contributed by atoms with van der Waals surface area (Å²) in [7, 11) is 4.02. The number of carbonyl (C=O) groups excluding carboxylic acids is 1. The second kappa shape index (κ2) is 6.61. The Kier molecular flexibility index (Phi) is 5.44. The van der Waals surface area contributed by atoms with Gasteiger partial charge in [0.1, 0.15) is 4.88 Å². The first-order valence-corrected chi connectivity index (χ1v) is 6.71. The predicted molar refractivity (Wildman–Crippen MR) is 73.5 cm³/mol. The number of nitrogens with two attached hydrogens (primary N) is 1. The van der Waals surface area contributed by atoms with E-state index in [2.05, 4.69) is 11.8 Å². The fraction of sp³-hybridized carbons (Fsp3) is 0.583. The number of anilines is 1. The van der Waals surface area contributed by atoms with Crippen molar-refractivity contribution < 1.29 is 4.79 Å². The first-order chi connectivity index (χ1) is 8.06. The third kappa shape index (κ3) is 4.02. The number of likely N-dealkylation sites (N-methyl/N-ethyl adjacent to an activating group) is 1. The Morgan fingerprint density at radius 1 is 1.35 bits per heavy atom. The molecule has 0 bridgehead atoms. The summed E-state index contributed by atoms with van der Waals surface area (Å²) >= 11 is 1.42. The molecule has 1 rings (SSSR count). The molecule has 0 aliphatic heterocycles. The van der Waals surface area contributed by atoms with Gasteiger partial charge in [-0.2, -0.15) is 0 Å². The van der Waals surface area contributed by atoms with Crippen molar-refractivity contribution in [2.75, 3.05) is 39.5 Å². The van der Waals surface area contributed by atoms with Crippen LogP contribution in [0.25, 0.3) is 0 Å². The third-order valence-corrected chi connectivity index (χ3v) is 3.41. The molecule has 0 aliphatic carbocycles. The van der Waals surface area contributed by atoms with Gasteiger partial charge in [0.05, 0.1) is 5.69 Å². The summed E-state index contributed by atoms with van der Waals surface area (Å²) in [6.45, 7) is 4.48. The Morgan fingerprint density at radius 3 is 2.53 bits per heavy atom. The first kappa shape index (κ1) is 14.0. The maximum atomic E-state index is 12.3. The van der Waals surface area contributed by atoms with Crippen molar-refractivity contribution in [2.45, 2.75) is 13.3 Å². The zero-order valence-electron chi connectivity index (χ0n) is 10.8. The standard InChI is InChI=1S/C12H21N3OS/c1-4-6-15(8-7-14(2)3)12(16)11-10(13)5-9-17-11/h5,9H,4,6-8,13H2,1-3H3. The molecular formula is C12H21N3OS. The maximum Gasteiger partial charge on any atom is 0.266 e. The van der Waals surface area contributed by atoms with Crippen molar-refractivity contribution in [2.24, 2.45) is 0 Å². The highest BCUT2D eigenvalue weighted by molar-refractivity contribution is 7.12. The minimum absolute atomic E-state index is 0.0567. The van der Waals surface area contributed by atoms with Gasteiger partial charge in [-0.15, -0.1) is 11.3 Å². The molecule has 0 unspecified atom stereocenters. The smallest absolute Gasteiger partial charge is 0.266 e. The van der Waals surface area contributed by atoms with Crippen LogP contribution >= 0.6 is 11.3 Å². The van der Waals surface area contributed by atoms with Gasteiger partial charge < -0.3 is 15.5 Å². The lowest BCUT2D eigenvalue weighted by Crippen LogP contribution is -2.37. The fourth-order valence-corrected chi connectivity index (χ4v) is 2.33. The van der Waals surface area contributed by atoms with Crippen LogP contribution in [0.15, 0.2) is 11.4 Å². The van der Waals surface area contributed by atoms with Crippen molar-refractivity contribution in [1.82, 2.24) is 9.80 Å². The van der Waals surface area contributed by atoms with Crippen LogP contribution in [0.5, 0.6) is 0 Å². The lowest BCUT2D eigenvalue weighted by molar-refractivity contribution is 0.0751. The molecule has 1 amide bonds. The van der Waals surface area contributed by atoms with E-state index in [1.807, 2.05) is 24.4 Å². The average Bonchev–Trinajstić information content (AvgIpc) is 2.69.